The second kappa shape index (κ2) is 19.7. The van der Waals surface area contributed by atoms with Gasteiger partial charge in [0.2, 0.25) is 23.7 Å². The Balaban J connectivity index is 0.859. The van der Waals surface area contributed by atoms with Crippen LogP contribution in [0.15, 0.2) is 95.9 Å². The first-order chi connectivity index (χ1) is 32.7. The number of likely N-dealkylation sites (tertiary alicyclic amines) is 1. The topological polar surface area (TPSA) is 179 Å². The van der Waals surface area contributed by atoms with Gasteiger partial charge < -0.3 is 35.1 Å². The number of carbonyl (C=O) groups is 3. The van der Waals surface area contributed by atoms with Crippen molar-refractivity contribution < 1.29 is 23.7 Å². The summed E-state index contributed by atoms with van der Waals surface area (Å²) in [6, 6.07) is 23.8. The van der Waals surface area contributed by atoms with E-state index in [0.717, 1.165) is 64.5 Å². The molecule has 3 aliphatic rings. The van der Waals surface area contributed by atoms with Crippen molar-refractivity contribution >= 4 is 91.4 Å². The number of nitrogens with one attached hydrogen (secondary N) is 4. The number of carbonyl (C=O) groups excluding carboxylic acids is 3. The Morgan fingerprint density at radius 1 is 0.941 bits per heavy atom. The van der Waals surface area contributed by atoms with Crippen molar-refractivity contribution in [3.63, 3.8) is 0 Å². The van der Waals surface area contributed by atoms with Crippen LogP contribution < -0.4 is 36.2 Å². The number of rotatable bonds is 13. The SMILES string of the molecule is COc1cc(N2CCN(C(=O)CN3CCC(c4ccc(NC5CCC(=O)NC5=O)cc4)CC3)C(C)C2)c(-c2cnn(C)c2)cc1Nc1ncc(Br)c(Nc2ccc3ccccc3c2P(C)(C)=O)n1. The molecule has 3 aliphatic heterocycles. The number of hydrogen-bond donors (Lipinski definition) is 4. The van der Waals surface area contributed by atoms with E-state index in [0.29, 0.717) is 78.3 Å². The van der Waals surface area contributed by atoms with Gasteiger partial charge in [0.15, 0.2) is 0 Å². The first-order valence-corrected chi connectivity index (χ1v) is 26.4. The van der Waals surface area contributed by atoms with Crippen LogP contribution in [0.25, 0.3) is 21.9 Å². The highest BCUT2D eigenvalue weighted by molar-refractivity contribution is 9.10. The maximum atomic E-state index is 13.9. The smallest absolute Gasteiger partial charge is 0.249 e. The van der Waals surface area contributed by atoms with Gasteiger partial charge in [-0.05, 0) is 115 Å². The Kier molecular flexibility index (Phi) is 13.6. The Morgan fingerprint density at radius 3 is 2.43 bits per heavy atom. The predicted octanol–water partition coefficient (Wildman–Crippen LogP) is 7.67. The van der Waals surface area contributed by atoms with Crippen LogP contribution in [-0.4, -0.2) is 119 Å². The molecule has 16 nitrogen and oxygen atoms in total. The third kappa shape index (κ3) is 10.2. The van der Waals surface area contributed by atoms with Crippen LogP contribution in [0.2, 0.25) is 0 Å². The number of aryl methyl sites for hydroxylation is 1. The number of amides is 3. The van der Waals surface area contributed by atoms with Gasteiger partial charge in [-0.1, -0.05) is 42.5 Å². The van der Waals surface area contributed by atoms with Crippen LogP contribution in [0.1, 0.15) is 44.1 Å². The standard InChI is InChI=1S/C50H57BrN11O5P/c1-31-28-61(22-23-62(31)46(64)30-60-20-18-33(19-21-60)32-10-13-36(14-11-32)54-41-16-17-45(63)57-49(41)65)43-25-44(67-3)42(24-38(43)35-26-53-59(2)29-35)56-50-52-27-39(51)48(58-50)55-40-15-12-34-8-6-7-9-37(34)47(40)68(4,5)66/h6-15,24-27,29,31,33,41,54H,16-23,28,30H2,1-5H3,(H,57,63,65)(H2,52,55,56,58). The molecule has 2 atom stereocenters. The molecular weight excluding hydrogens is 945 g/mol. The molecule has 0 bridgehead atoms. The van der Waals surface area contributed by atoms with Crippen LogP contribution in [0.3, 0.4) is 0 Å². The van der Waals surface area contributed by atoms with Crippen LogP contribution in [0.5, 0.6) is 5.75 Å². The van der Waals surface area contributed by atoms with Gasteiger partial charge in [0, 0.05) is 85.4 Å². The summed E-state index contributed by atoms with van der Waals surface area (Å²) in [5, 5.41) is 19.7. The van der Waals surface area contributed by atoms with E-state index in [1.54, 1.807) is 31.3 Å². The van der Waals surface area contributed by atoms with Gasteiger partial charge in [-0.25, -0.2) is 4.98 Å². The van der Waals surface area contributed by atoms with Crippen molar-refractivity contribution in [2.24, 2.45) is 7.05 Å². The van der Waals surface area contributed by atoms with Crippen molar-refractivity contribution in [1.29, 1.82) is 0 Å². The monoisotopic (exact) mass is 1000 g/mol. The van der Waals surface area contributed by atoms with Gasteiger partial charge in [0.1, 0.15) is 24.8 Å². The lowest BCUT2D eigenvalue weighted by Crippen LogP contribution is -2.56. The van der Waals surface area contributed by atoms with Crippen LogP contribution in [0.4, 0.5) is 34.5 Å². The fourth-order valence-corrected chi connectivity index (χ4v) is 11.5. The molecule has 9 rings (SSSR count). The van der Waals surface area contributed by atoms with Crippen LogP contribution in [-0.2, 0) is 26.0 Å². The fourth-order valence-electron chi connectivity index (χ4n) is 9.73. The van der Waals surface area contributed by atoms with Crippen molar-refractivity contribution in [1.82, 2.24) is 34.9 Å². The summed E-state index contributed by atoms with van der Waals surface area (Å²) < 4.78 is 22.1. The van der Waals surface area contributed by atoms with E-state index >= 15 is 0 Å². The molecule has 0 spiro atoms. The summed E-state index contributed by atoms with van der Waals surface area (Å²) in [6.07, 6.45) is 8.24. The molecule has 0 aliphatic carbocycles. The maximum Gasteiger partial charge on any atom is 0.249 e. The zero-order chi connectivity index (χ0) is 47.7. The van der Waals surface area contributed by atoms with Gasteiger partial charge in [-0.15, -0.1) is 0 Å². The van der Waals surface area contributed by atoms with Crippen molar-refractivity contribution in [3.05, 3.63) is 101 Å². The number of piperidine rings is 2. The number of halogens is 1. The van der Waals surface area contributed by atoms with E-state index in [2.05, 4.69) is 76.1 Å². The molecule has 68 heavy (non-hydrogen) atoms. The molecule has 0 saturated carbocycles. The van der Waals surface area contributed by atoms with E-state index < -0.39 is 13.2 Å². The van der Waals surface area contributed by atoms with Gasteiger partial charge in [0.25, 0.3) is 0 Å². The summed E-state index contributed by atoms with van der Waals surface area (Å²) in [6.45, 7) is 9.59. The van der Waals surface area contributed by atoms with E-state index in [1.165, 1.54) is 5.56 Å². The molecule has 2 unspecified atom stereocenters. The number of fused-ring (bicyclic) bond motifs is 1. The Hall–Kier alpha value is -6.29. The number of methoxy groups -OCH3 is 1. The van der Waals surface area contributed by atoms with Gasteiger partial charge >= 0.3 is 0 Å². The molecule has 3 fully saturated rings. The molecule has 4 N–H and O–H groups in total. The summed E-state index contributed by atoms with van der Waals surface area (Å²) in [7, 11) is 0.815. The summed E-state index contributed by atoms with van der Waals surface area (Å²) in [5.74, 6) is 1.46. The normalized spacial score (nSPS) is 18.4. The molecule has 6 aromatic rings. The number of benzene rings is 4. The van der Waals surface area contributed by atoms with Crippen molar-refractivity contribution in [2.45, 2.75) is 50.6 Å². The summed E-state index contributed by atoms with van der Waals surface area (Å²) >= 11 is 3.63. The Morgan fingerprint density at radius 2 is 1.72 bits per heavy atom. The second-order valence-electron chi connectivity index (χ2n) is 18.3. The summed E-state index contributed by atoms with van der Waals surface area (Å²) in [4.78, 5) is 53.7. The molecule has 5 heterocycles. The number of ether oxygens (including phenoxy) is 1. The van der Waals surface area contributed by atoms with Gasteiger partial charge in [0.05, 0.1) is 35.7 Å². The minimum absolute atomic E-state index is 0.0360. The molecule has 3 saturated heterocycles. The number of aromatic nitrogens is 4. The second-order valence-corrected chi connectivity index (χ2v) is 22.4. The van der Waals surface area contributed by atoms with Crippen LogP contribution >= 0.6 is 23.1 Å². The molecule has 4 aromatic carbocycles. The number of piperazine rings is 1. The third-order valence-corrected chi connectivity index (χ3v) is 15.4. The van der Waals surface area contributed by atoms with E-state index in [9.17, 15) is 18.9 Å². The highest BCUT2D eigenvalue weighted by Gasteiger charge is 2.32. The highest BCUT2D eigenvalue weighted by atomic mass is 79.9. The molecule has 354 valence electrons. The summed E-state index contributed by atoms with van der Waals surface area (Å²) in [5.41, 5.74) is 6.31. The zero-order valence-electron chi connectivity index (χ0n) is 39.0. The predicted molar refractivity (Wildman–Crippen MR) is 273 cm³/mol. The average Bonchev–Trinajstić information content (AvgIpc) is 3.76. The maximum absolute atomic E-state index is 13.9. The lowest BCUT2D eigenvalue weighted by atomic mass is 9.89. The number of nitrogens with zero attached hydrogens (tertiary/aromatic N) is 7. The number of hydrogen-bond acceptors (Lipinski definition) is 13. The molecule has 18 heteroatoms. The lowest BCUT2D eigenvalue weighted by molar-refractivity contribution is -0.135. The third-order valence-electron chi connectivity index (χ3n) is 13.2. The lowest BCUT2D eigenvalue weighted by Gasteiger charge is -2.42. The largest absolute Gasteiger partial charge is 0.494 e. The quantitative estimate of drug-likeness (QED) is 0.0655. The number of imide groups is 1. The minimum Gasteiger partial charge on any atom is -0.494 e. The fraction of sp³-hybridized carbons (Fsp3) is 0.360. The minimum atomic E-state index is -2.72. The van der Waals surface area contributed by atoms with Gasteiger partial charge in [-0.2, -0.15) is 10.1 Å². The molecular formula is C50H57BrN11O5P. The molecule has 2 aromatic heterocycles. The van der Waals surface area contributed by atoms with Crippen molar-refractivity contribution in [3.8, 4) is 16.9 Å². The molecule has 0 radical (unpaired) electrons. The Bertz CT molecular complexity index is 2920. The van der Waals surface area contributed by atoms with Crippen LogP contribution in [0, 0.1) is 0 Å². The first kappa shape index (κ1) is 46.8. The van der Waals surface area contributed by atoms with E-state index in [-0.39, 0.29) is 23.8 Å². The highest BCUT2D eigenvalue weighted by Crippen LogP contribution is 2.43. The van der Waals surface area contributed by atoms with E-state index in [4.69, 9.17) is 9.72 Å². The number of anilines is 6. The van der Waals surface area contributed by atoms with E-state index in [1.807, 2.05) is 85.0 Å². The average molecular weight is 1000 g/mol. The Labute approximate surface area is 404 Å². The van der Waals surface area contributed by atoms with Crippen molar-refractivity contribution in [2.75, 3.05) is 80.6 Å². The van der Waals surface area contributed by atoms with Gasteiger partial charge in [-0.3, -0.25) is 29.3 Å². The molecule has 3 amide bonds. The first-order valence-electron chi connectivity index (χ1n) is 23.0. The zero-order valence-corrected chi connectivity index (χ0v) is 41.4.